The molecule has 4 rings (SSSR count). The standard InChI is InChI=1S/C17H17N3O2S3/c21-15-8-12(18-17-19(15)5-7-25-17)10-23-11-16(22)20(13-3-4-13)9-14-2-1-6-24-14/h1-2,5-8,13H,3-4,9-11H2. The third-order valence-electron chi connectivity index (χ3n) is 4.05. The Balaban J connectivity index is 1.36. The van der Waals surface area contributed by atoms with Crippen molar-refractivity contribution in [2.75, 3.05) is 5.75 Å². The van der Waals surface area contributed by atoms with Crippen molar-refractivity contribution in [3.05, 3.63) is 56.1 Å². The molecule has 1 amide bonds. The number of nitrogens with zero attached hydrogens (tertiary/aromatic N) is 3. The minimum atomic E-state index is -0.0644. The molecule has 1 fully saturated rings. The van der Waals surface area contributed by atoms with Crippen molar-refractivity contribution in [1.82, 2.24) is 14.3 Å². The number of carbonyl (C=O) groups is 1. The molecule has 0 spiro atoms. The van der Waals surface area contributed by atoms with Crippen LogP contribution in [0.3, 0.4) is 0 Å². The molecule has 0 unspecified atom stereocenters. The van der Waals surface area contributed by atoms with Gasteiger partial charge < -0.3 is 4.90 Å². The van der Waals surface area contributed by atoms with Gasteiger partial charge in [-0.25, -0.2) is 4.98 Å². The molecule has 0 radical (unpaired) electrons. The highest BCUT2D eigenvalue weighted by Gasteiger charge is 2.32. The number of hydrogen-bond acceptors (Lipinski definition) is 6. The summed E-state index contributed by atoms with van der Waals surface area (Å²) in [4.78, 5) is 33.0. The minimum Gasteiger partial charge on any atom is -0.334 e. The maximum Gasteiger partial charge on any atom is 0.258 e. The van der Waals surface area contributed by atoms with Crippen LogP contribution < -0.4 is 5.56 Å². The Morgan fingerprint density at radius 1 is 1.36 bits per heavy atom. The summed E-state index contributed by atoms with van der Waals surface area (Å²) in [6.07, 6.45) is 3.94. The van der Waals surface area contributed by atoms with E-state index in [9.17, 15) is 9.59 Å². The Labute approximate surface area is 157 Å². The van der Waals surface area contributed by atoms with Crippen molar-refractivity contribution in [1.29, 1.82) is 0 Å². The SMILES string of the molecule is O=C(CSCc1cc(=O)n2ccsc2n1)N(Cc1cccs1)C1CC1. The summed E-state index contributed by atoms with van der Waals surface area (Å²) < 4.78 is 1.54. The van der Waals surface area contributed by atoms with Crippen molar-refractivity contribution in [3.8, 4) is 0 Å². The van der Waals surface area contributed by atoms with Gasteiger partial charge in [0.2, 0.25) is 5.91 Å². The average Bonchev–Trinajstić information content (AvgIpc) is 3.09. The third-order valence-corrected chi connectivity index (χ3v) is 6.61. The van der Waals surface area contributed by atoms with Gasteiger partial charge in [-0.15, -0.1) is 34.4 Å². The number of carbonyl (C=O) groups excluding carboxylic acids is 1. The molecule has 0 bridgehead atoms. The summed E-state index contributed by atoms with van der Waals surface area (Å²) in [6.45, 7) is 0.711. The van der Waals surface area contributed by atoms with E-state index in [1.807, 2.05) is 21.7 Å². The second-order valence-electron chi connectivity index (χ2n) is 5.97. The summed E-state index contributed by atoms with van der Waals surface area (Å²) in [5.74, 6) is 1.18. The van der Waals surface area contributed by atoms with Gasteiger partial charge in [0.15, 0.2) is 4.96 Å². The predicted octanol–water partition coefficient (Wildman–Crippen LogP) is 3.24. The zero-order valence-electron chi connectivity index (χ0n) is 13.5. The predicted molar refractivity (Wildman–Crippen MR) is 103 cm³/mol. The van der Waals surface area contributed by atoms with E-state index in [1.54, 1.807) is 28.0 Å². The molecular weight excluding hydrogens is 374 g/mol. The van der Waals surface area contributed by atoms with E-state index in [2.05, 4.69) is 11.1 Å². The van der Waals surface area contributed by atoms with Crippen LogP contribution in [-0.4, -0.2) is 32.0 Å². The van der Waals surface area contributed by atoms with Gasteiger partial charge in [0.05, 0.1) is 18.0 Å². The number of rotatable bonds is 7. The quantitative estimate of drug-likeness (QED) is 0.620. The number of thiazole rings is 1. The lowest BCUT2D eigenvalue weighted by molar-refractivity contribution is -0.129. The first-order chi connectivity index (χ1) is 12.2. The molecule has 1 saturated carbocycles. The molecule has 0 N–H and O–H groups in total. The van der Waals surface area contributed by atoms with E-state index in [0.29, 0.717) is 29.1 Å². The van der Waals surface area contributed by atoms with Crippen LogP contribution >= 0.6 is 34.4 Å². The lowest BCUT2D eigenvalue weighted by Gasteiger charge is -2.21. The molecule has 1 aliphatic carbocycles. The first-order valence-electron chi connectivity index (χ1n) is 8.06. The fraction of sp³-hybridized carbons (Fsp3) is 0.353. The lowest BCUT2D eigenvalue weighted by atomic mass is 10.4. The summed E-state index contributed by atoms with van der Waals surface area (Å²) in [5.41, 5.74) is 0.673. The first kappa shape index (κ1) is 16.8. The molecule has 3 heterocycles. The van der Waals surface area contributed by atoms with Crippen molar-refractivity contribution < 1.29 is 4.79 Å². The van der Waals surface area contributed by atoms with Gasteiger partial charge in [0.1, 0.15) is 0 Å². The summed E-state index contributed by atoms with van der Waals surface area (Å²) in [6, 6.07) is 6.06. The van der Waals surface area contributed by atoms with Gasteiger partial charge in [0, 0.05) is 34.3 Å². The van der Waals surface area contributed by atoms with Crippen molar-refractivity contribution >= 4 is 45.3 Å². The zero-order chi connectivity index (χ0) is 17.2. The lowest BCUT2D eigenvalue weighted by Crippen LogP contribution is -2.33. The molecule has 3 aromatic heterocycles. The van der Waals surface area contributed by atoms with Crippen molar-refractivity contribution in [2.24, 2.45) is 0 Å². The molecule has 5 nitrogen and oxygen atoms in total. The highest BCUT2D eigenvalue weighted by molar-refractivity contribution is 7.99. The van der Waals surface area contributed by atoms with Crippen LogP contribution in [0.25, 0.3) is 4.96 Å². The maximum absolute atomic E-state index is 12.6. The molecule has 1 aliphatic rings. The van der Waals surface area contributed by atoms with E-state index < -0.39 is 0 Å². The van der Waals surface area contributed by atoms with Gasteiger partial charge in [0.25, 0.3) is 5.56 Å². The van der Waals surface area contributed by atoms with E-state index in [1.165, 1.54) is 28.0 Å². The summed E-state index contributed by atoms with van der Waals surface area (Å²) in [5, 5.41) is 3.90. The van der Waals surface area contributed by atoms with E-state index >= 15 is 0 Å². The topological polar surface area (TPSA) is 54.7 Å². The molecular formula is C17H17N3O2S3. The Hall–Kier alpha value is -1.64. The van der Waals surface area contributed by atoms with Gasteiger partial charge in [-0.2, -0.15) is 0 Å². The fourth-order valence-corrected chi connectivity index (χ4v) is 4.91. The van der Waals surface area contributed by atoms with Gasteiger partial charge in [-0.05, 0) is 24.3 Å². The summed E-state index contributed by atoms with van der Waals surface area (Å²) >= 11 is 4.66. The second-order valence-corrected chi connectivity index (χ2v) is 8.86. The molecule has 0 saturated heterocycles. The zero-order valence-corrected chi connectivity index (χ0v) is 15.9. The van der Waals surface area contributed by atoms with Crippen LogP contribution in [-0.2, 0) is 17.1 Å². The van der Waals surface area contributed by atoms with E-state index in [4.69, 9.17) is 0 Å². The normalized spacial score (nSPS) is 14.1. The van der Waals surface area contributed by atoms with Crippen LogP contribution in [0.5, 0.6) is 0 Å². The number of amides is 1. The first-order valence-corrected chi connectivity index (χ1v) is 11.0. The molecule has 0 aromatic carbocycles. The number of hydrogen-bond donors (Lipinski definition) is 0. The van der Waals surface area contributed by atoms with Crippen LogP contribution in [0.15, 0.2) is 40.0 Å². The highest BCUT2D eigenvalue weighted by Crippen LogP contribution is 2.30. The van der Waals surface area contributed by atoms with Crippen LogP contribution in [0.4, 0.5) is 0 Å². The van der Waals surface area contributed by atoms with Crippen molar-refractivity contribution in [3.63, 3.8) is 0 Å². The van der Waals surface area contributed by atoms with Crippen LogP contribution in [0.1, 0.15) is 23.4 Å². The highest BCUT2D eigenvalue weighted by atomic mass is 32.2. The Morgan fingerprint density at radius 2 is 2.24 bits per heavy atom. The molecule has 0 atom stereocenters. The number of thioether (sulfide) groups is 1. The van der Waals surface area contributed by atoms with Gasteiger partial charge in [-0.1, -0.05) is 6.07 Å². The Morgan fingerprint density at radius 3 is 3.00 bits per heavy atom. The third kappa shape index (κ3) is 3.96. The molecule has 3 aromatic rings. The molecule has 130 valence electrons. The number of thiophene rings is 1. The Kier molecular flexibility index (Phi) is 4.91. The summed E-state index contributed by atoms with van der Waals surface area (Å²) in [7, 11) is 0. The minimum absolute atomic E-state index is 0.0644. The number of aromatic nitrogens is 2. The van der Waals surface area contributed by atoms with Gasteiger partial charge >= 0.3 is 0 Å². The average molecular weight is 392 g/mol. The van der Waals surface area contributed by atoms with E-state index in [0.717, 1.165) is 18.5 Å². The van der Waals surface area contributed by atoms with Gasteiger partial charge in [-0.3, -0.25) is 14.0 Å². The molecule has 25 heavy (non-hydrogen) atoms. The largest absolute Gasteiger partial charge is 0.334 e. The van der Waals surface area contributed by atoms with E-state index in [-0.39, 0.29) is 11.5 Å². The second kappa shape index (κ2) is 7.31. The monoisotopic (exact) mass is 391 g/mol. The fourth-order valence-electron chi connectivity index (χ4n) is 2.67. The Bertz CT molecular complexity index is 928. The van der Waals surface area contributed by atoms with Crippen LogP contribution in [0, 0.1) is 0 Å². The maximum atomic E-state index is 12.6. The van der Waals surface area contributed by atoms with Crippen molar-refractivity contribution in [2.45, 2.75) is 31.2 Å². The molecule has 0 aliphatic heterocycles. The molecule has 8 heteroatoms. The smallest absolute Gasteiger partial charge is 0.258 e. The van der Waals surface area contributed by atoms with Crippen LogP contribution in [0.2, 0.25) is 0 Å². The number of fused-ring (bicyclic) bond motifs is 1.